The molecule has 0 saturated heterocycles. The molecule has 2 N–H and O–H groups in total. The lowest BCUT2D eigenvalue weighted by atomic mass is 10.2. The second-order valence-electron chi connectivity index (χ2n) is 6.17. The maximum atomic E-state index is 4.68. The van der Waals surface area contributed by atoms with Gasteiger partial charge in [-0.2, -0.15) is 4.98 Å². The molecule has 1 aromatic heterocycles. The van der Waals surface area contributed by atoms with Crippen molar-refractivity contribution in [3.63, 3.8) is 0 Å². The van der Waals surface area contributed by atoms with E-state index < -0.39 is 0 Å². The Labute approximate surface area is 146 Å². The molecule has 1 heterocycles. The van der Waals surface area contributed by atoms with Gasteiger partial charge in [-0.3, -0.25) is 0 Å². The van der Waals surface area contributed by atoms with E-state index in [1.807, 2.05) is 12.1 Å². The molecule has 5 heteroatoms. The average molecular weight is 375 g/mol. The van der Waals surface area contributed by atoms with E-state index in [2.05, 4.69) is 68.6 Å². The van der Waals surface area contributed by atoms with Crippen molar-refractivity contribution in [2.45, 2.75) is 51.6 Å². The van der Waals surface area contributed by atoms with Gasteiger partial charge < -0.3 is 10.6 Å². The van der Waals surface area contributed by atoms with Gasteiger partial charge in [0.1, 0.15) is 5.82 Å². The Kier molecular flexibility index (Phi) is 5.16. The molecule has 1 fully saturated rings. The summed E-state index contributed by atoms with van der Waals surface area (Å²) < 4.78 is 1.11. The molecule has 1 aliphatic carbocycles. The Balaban J connectivity index is 1.76. The third kappa shape index (κ3) is 4.44. The van der Waals surface area contributed by atoms with Gasteiger partial charge in [-0.1, -0.05) is 41.1 Å². The Bertz CT molecular complexity index is 670. The number of halogens is 1. The van der Waals surface area contributed by atoms with Crippen LogP contribution in [0, 0.1) is 0 Å². The fraction of sp³-hybridized carbons (Fsp3) is 0.444. The second-order valence-corrected chi connectivity index (χ2v) is 7.03. The van der Waals surface area contributed by atoms with E-state index in [-0.39, 0.29) is 0 Å². The van der Waals surface area contributed by atoms with Gasteiger partial charge in [-0.25, -0.2) is 4.98 Å². The molecule has 0 spiro atoms. The Morgan fingerprint density at radius 2 is 2.04 bits per heavy atom. The van der Waals surface area contributed by atoms with Crippen LogP contribution in [0.4, 0.5) is 11.8 Å². The smallest absolute Gasteiger partial charge is 0.225 e. The Morgan fingerprint density at radius 1 is 1.26 bits per heavy atom. The predicted octanol–water partition coefficient (Wildman–Crippen LogP) is 4.94. The van der Waals surface area contributed by atoms with E-state index in [0.717, 1.165) is 34.9 Å². The van der Waals surface area contributed by atoms with Crippen molar-refractivity contribution < 1.29 is 0 Å². The van der Waals surface area contributed by atoms with Crippen LogP contribution in [0.3, 0.4) is 0 Å². The second kappa shape index (κ2) is 7.30. The maximum absolute atomic E-state index is 4.68. The van der Waals surface area contributed by atoms with Gasteiger partial charge in [0, 0.05) is 29.0 Å². The SMILES string of the molecule is CC[C@@H](C)Nc1nc(NCc2ccccc2Br)cc(C2CC2)n1. The van der Waals surface area contributed by atoms with Crippen LogP contribution in [-0.2, 0) is 6.54 Å². The van der Waals surface area contributed by atoms with Crippen LogP contribution in [0.2, 0.25) is 0 Å². The van der Waals surface area contributed by atoms with Gasteiger partial charge in [0.05, 0.1) is 5.69 Å². The lowest BCUT2D eigenvalue weighted by Gasteiger charge is -2.14. The van der Waals surface area contributed by atoms with E-state index in [1.165, 1.54) is 18.4 Å². The molecule has 122 valence electrons. The first kappa shape index (κ1) is 16.2. The molecule has 0 unspecified atom stereocenters. The molecule has 1 aliphatic rings. The van der Waals surface area contributed by atoms with Crippen molar-refractivity contribution in [2.24, 2.45) is 0 Å². The molecule has 1 saturated carbocycles. The largest absolute Gasteiger partial charge is 0.366 e. The zero-order chi connectivity index (χ0) is 16.2. The Morgan fingerprint density at radius 3 is 2.74 bits per heavy atom. The van der Waals surface area contributed by atoms with Gasteiger partial charge in [-0.15, -0.1) is 0 Å². The number of anilines is 2. The van der Waals surface area contributed by atoms with Crippen LogP contribution in [0.1, 0.15) is 50.3 Å². The molecule has 4 nitrogen and oxygen atoms in total. The topological polar surface area (TPSA) is 49.8 Å². The lowest BCUT2D eigenvalue weighted by Crippen LogP contribution is -2.17. The van der Waals surface area contributed by atoms with Crippen molar-refractivity contribution in [1.82, 2.24) is 9.97 Å². The molecule has 23 heavy (non-hydrogen) atoms. The standard InChI is InChI=1S/C18H23BrN4/c1-3-12(2)21-18-22-16(13-8-9-13)10-17(23-18)20-11-14-6-4-5-7-15(14)19/h4-7,10,12-13H,3,8-9,11H2,1-2H3,(H2,20,21,22,23)/t12-/m1/s1. The zero-order valence-electron chi connectivity index (χ0n) is 13.6. The zero-order valence-corrected chi connectivity index (χ0v) is 15.2. The summed E-state index contributed by atoms with van der Waals surface area (Å²) in [5.41, 5.74) is 2.37. The van der Waals surface area contributed by atoms with Gasteiger partial charge in [-0.05, 0) is 37.8 Å². The average Bonchev–Trinajstić information content (AvgIpc) is 3.39. The normalized spacial score (nSPS) is 15.3. The number of nitrogens with zero attached hydrogens (tertiary/aromatic N) is 2. The van der Waals surface area contributed by atoms with E-state index in [9.17, 15) is 0 Å². The van der Waals surface area contributed by atoms with Gasteiger partial charge in [0.25, 0.3) is 0 Å². The monoisotopic (exact) mass is 374 g/mol. The summed E-state index contributed by atoms with van der Waals surface area (Å²) in [6.07, 6.45) is 3.53. The number of hydrogen-bond donors (Lipinski definition) is 2. The number of hydrogen-bond acceptors (Lipinski definition) is 4. The highest BCUT2D eigenvalue weighted by Crippen LogP contribution is 2.40. The molecule has 0 bridgehead atoms. The molecule has 0 aliphatic heterocycles. The summed E-state index contributed by atoms with van der Waals surface area (Å²) in [5, 5.41) is 6.83. The first-order valence-electron chi connectivity index (χ1n) is 8.28. The minimum atomic E-state index is 0.376. The fourth-order valence-electron chi connectivity index (χ4n) is 2.36. The molecule has 0 radical (unpaired) electrons. The minimum absolute atomic E-state index is 0.376. The summed E-state index contributed by atoms with van der Waals surface area (Å²) in [6.45, 7) is 5.06. The summed E-state index contributed by atoms with van der Waals surface area (Å²) >= 11 is 3.59. The van der Waals surface area contributed by atoms with Crippen molar-refractivity contribution in [1.29, 1.82) is 0 Å². The highest BCUT2D eigenvalue weighted by Gasteiger charge is 2.26. The minimum Gasteiger partial charge on any atom is -0.366 e. The van der Waals surface area contributed by atoms with Crippen LogP contribution >= 0.6 is 15.9 Å². The highest BCUT2D eigenvalue weighted by atomic mass is 79.9. The number of nitrogens with one attached hydrogen (secondary N) is 2. The van der Waals surface area contributed by atoms with Crippen molar-refractivity contribution >= 4 is 27.7 Å². The highest BCUT2D eigenvalue weighted by molar-refractivity contribution is 9.10. The van der Waals surface area contributed by atoms with E-state index >= 15 is 0 Å². The molecular weight excluding hydrogens is 352 g/mol. The molecule has 1 aromatic carbocycles. The van der Waals surface area contributed by atoms with E-state index in [1.54, 1.807) is 0 Å². The van der Waals surface area contributed by atoms with Gasteiger partial charge >= 0.3 is 0 Å². The third-order valence-electron chi connectivity index (χ3n) is 4.15. The van der Waals surface area contributed by atoms with Crippen LogP contribution < -0.4 is 10.6 Å². The van der Waals surface area contributed by atoms with Crippen molar-refractivity contribution in [3.8, 4) is 0 Å². The summed E-state index contributed by atoms with van der Waals surface area (Å²) in [4.78, 5) is 9.31. The number of benzene rings is 1. The van der Waals surface area contributed by atoms with Gasteiger partial charge in [0.15, 0.2) is 0 Å². The quantitative estimate of drug-likeness (QED) is 0.720. The summed E-state index contributed by atoms with van der Waals surface area (Å²) in [6, 6.07) is 10.7. The number of aromatic nitrogens is 2. The van der Waals surface area contributed by atoms with Crippen LogP contribution in [0.25, 0.3) is 0 Å². The first-order valence-corrected chi connectivity index (χ1v) is 9.07. The molecule has 3 rings (SSSR count). The lowest BCUT2D eigenvalue weighted by molar-refractivity contribution is 0.750. The van der Waals surface area contributed by atoms with Crippen molar-refractivity contribution in [3.05, 3.63) is 46.1 Å². The molecule has 0 amide bonds. The fourth-order valence-corrected chi connectivity index (χ4v) is 2.78. The third-order valence-corrected chi connectivity index (χ3v) is 4.92. The van der Waals surface area contributed by atoms with Crippen LogP contribution in [0.15, 0.2) is 34.8 Å². The summed E-state index contributed by atoms with van der Waals surface area (Å²) in [5.74, 6) is 2.24. The predicted molar refractivity (Wildman–Crippen MR) is 98.9 cm³/mol. The number of rotatable bonds is 7. The van der Waals surface area contributed by atoms with Crippen LogP contribution in [-0.4, -0.2) is 16.0 Å². The van der Waals surface area contributed by atoms with Crippen molar-refractivity contribution in [2.75, 3.05) is 10.6 Å². The van der Waals surface area contributed by atoms with Crippen LogP contribution in [0.5, 0.6) is 0 Å². The van der Waals surface area contributed by atoms with E-state index in [0.29, 0.717) is 12.0 Å². The molecular formula is C18H23BrN4. The summed E-state index contributed by atoms with van der Waals surface area (Å²) in [7, 11) is 0. The molecule has 2 aromatic rings. The molecule has 1 atom stereocenters. The first-order chi connectivity index (χ1) is 11.2. The maximum Gasteiger partial charge on any atom is 0.225 e. The van der Waals surface area contributed by atoms with Gasteiger partial charge in [0.2, 0.25) is 5.95 Å². The Hall–Kier alpha value is -1.62. The van der Waals surface area contributed by atoms with E-state index in [4.69, 9.17) is 0 Å².